The molecule has 0 bridgehead atoms. The highest BCUT2D eigenvalue weighted by Crippen LogP contribution is 2.07. The third-order valence-electron chi connectivity index (χ3n) is 1.53. The molecule has 2 heteroatoms. The molecule has 1 aromatic heterocycles. The van der Waals surface area contributed by atoms with Crippen molar-refractivity contribution in [1.29, 1.82) is 0 Å². The number of nitrogens with two attached hydrogens (primary N) is 1. The molecule has 14 heavy (non-hydrogen) atoms. The van der Waals surface area contributed by atoms with Gasteiger partial charge in [-0.1, -0.05) is 26.8 Å². The number of hydrogen-bond donors (Lipinski definition) is 1. The van der Waals surface area contributed by atoms with E-state index in [1.165, 1.54) is 0 Å². The lowest BCUT2D eigenvalue weighted by molar-refractivity contribution is 1.22. The Hall–Kier alpha value is -1.31. The maximum Gasteiger partial charge on any atom is 0.124 e. The molecule has 2 nitrogen and oxygen atoms in total. The van der Waals surface area contributed by atoms with Crippen molar-refractivity contribution in [3.05, 3.63) is 29.5 Å². The molecule has 1 heterocycles. The van der Waals surface area contributed by atoms with E-state index in [4.69, 9.17) is 5.73 Å². The van der Waals surface area contributed by atoms with E-state index in [1.54, 1.807) is 0 Å². The van der Waals surface area contributed by atoms with Crippen LogP contribution >= 0.6 is 0 Å². The van der Waals surface area contributed by atoms with Crippen molar-refractivity contribution < 1.29 is 0 Å². The van der Waals surface area contributed by atoms with Crippen LogP contribution in [0.15, 0.2) is 18.2 Å². The largest absolute Gasteiger partial charge is 0.384 e. The molecule has 0 unspecified atom stereocenters. The molecule has 0 saturated heterocycles. The first kappa shape index (κ1) is 12.7. The lowest BCUT2D eigenvalue weighted by Crippen LogP contribution is -1.92. The smallest absolute Gasteiger partial charge is 0.124 e. The first-order chi connectivity index (χ1) is 6.72. The monoisotopic (exact) mass is 192 g/mol. The Labute approximate surface area is 86.9 Å². The maximum absolute atomic E-state index is 5.59. The Balaban J connectivity index is 0.000000791. The van der Waals surface area contributed by atoms with E-state index in [1.807, 2.05) is 39.0 Å². The van der Waals surface area contributed by atoms with Crippen molar-refractivity contribution >= 4 is 11.9 Å². The number of rotatable bonds is 2. The molecular weight excluding hydrogens is 172 g/mol. The Bertz CT molecular complexity index is 270. The molecule has 78 valence electrons. The zero-order valence-electron chi connectivity index (χ0n) is 9.54. The van der Waals surface area contributed by atoms with Gasteiger partial charge < -0.3 is 5.73 Å². The third-order valence-corrected chi connectivity index (χ3v) is 1.53. The van der Waals surface area contributed by atoms with Crippen LogP contribution in [0.1, 0.15) is 38.4 Å². The van der Waals surface area contributed by atoms with Crippen molar-refractivity contribution in [3.63, 3.8) is 0 Å². The van der Waals surface area contributed by atoms with Crippen LogP contribution in [0.3, 0.4) is 0 Å². The number of nitrogen functional groups attached to an aromatic ring is 1. The van der Waals surface area contributed by atoms with E-state index in [9.17, 15) is 0 Å². The topological polar surface area (TPSA) is 38.9 Å². The summed E-state index contributed by atoms with van der Waals surface area (Å²) in [6.45, 7) is 8.11. The first-order valence-corrected chi connectivity index (χ1v) is 5.13. The fraction of sp³-hybridized carbons (Fsp3) is 0.417. The van der Waals surface area contributed by atoms with Gasteiger partial charge in [0, 0.05) is 0 Å². The standard InChI is InChI=1S/C10H14N2.C2H6/c1-3-4-5-9-6-8(2)7-10(11)12-9;1-2/h4-7H,3H2,1-2H3,(H2,11,12);1-2H3. The molecule has 0 fully saturated rings. The molecule has 0 aliphatic rings. The minimum atomic E-state index is 0.589. The molecule has 2 N–H and O–H groups in total. The molecule has 0 radical (unpaired) electrons. The summed E-state index contributed by atoms with van der Waals surface area (Å²) in [5.74, 6) is 0.589. The summed E-state index contributed by atoms with van der Waals surface area (Å²) in [6.07, 6.45) is 5.08. The van der Waals surface area contributed by atoms with Crippen LogP contribution in [-0.2, 0) is 0 Å². The van der Waals surface area contributed by atoms with Crippen LogP contribution in [0.25, 0.3) is 6.08 Å². The molecule has 0 saturated carbocycles. The van der Waals surface area contributed by atoms with E-state index >= 15 is 0 Å². The average molecular weight is 192 g/mol. The van der Waals surface area contributed by atoms with Crippen molar-refractivity contribution in [2.75, 3.05) is 5.73 Å². The van der Waals surface area contributed by atoms with Gasteiger partial charge >= 0.3 is 0 Å². The lowest BCUT2D eigenvalue weighted by atomic mass is 10.2. The van der Waals surface area contributed by atoms with E-state index in [0.29, 0.717) is 5.82 Å². The summed E-state index contributed by atoms with van der Waals surface area (Å²) in [6, 6.07) is 3.88. The number of aromatic nitrogens is 1. The normalized spacial score (nSPS) is 9.71. The molecule has 0 aliphatic heterocycles. The Morgan fingerprint density at radius 3 is 2.50 bits per heavy atom. The van der Waals surface area contributed by atoms with E-state index in [-0.39, 0.29) is 0 Å². The van der Waals surface area contributed by atoms with E-state index in [0.717, 1.165) is 17.7 Å². The number of anilines is 1. The molecule has 0 spiro atoms. The summed E-state index contributed by atoms with van der Waals surface area (Å²) >= 11 is 0. The van der Waals surface area contributed by atoms with Crippen molar-refractivity contribution in [1.82, 2.24) is 4.98 Å². The zero-order valence-corrected chi connectivity index (χ0v) is 9.54. The second-order valence-corrected chi connectivity index (χ2v) is 2.80. The van der Waals surface area contributed by atoms with Gasteiger partial charge in [0.25, 0.3) is 0 Å². The Morgan fingerprint density at radius 2 is 2.00 bits per heavy atom. The third kappa shape index (κ3) is 4.65. The maximum atomic E-state index is 5.59. The molecule has 0 amide bonds. The minimum absolute atomic E-state index is 0.589. The number of pyridine rings is 1. The summed E-state index contributed by atoms with van der Waals surface area (Å²) in [7, 11) is 0. The van der Waals surface area contributed by atoms with Gasteiger partial charge in [-0.3, -0.25) is 0 Å². The van der Waals surface area contributed by atoms with Crippen LogP contribution in [0.5, 0.6) is 0 Å². The number of allylic oxidation sites excluding steroid dienone is 1. The van der Waals surface area contributed by atoms with Gasteiger partial charge in [-0.15, -0.1) is 0 Å². The summed E-state index contributed by atoms with van der Waals surface area (Å²) in [5, 5.41) is 0. The molecule has 1 aromatic rings. The highest BCUT2D eigenvalue weighted by atomic mass is 14.8. The zero-order chi connectivity index (χ0) is 11.0. The van der Waals surface area contributed by atoms with Crippen molar-refractivity contribution in [3.8, 4) is 0 Å². The quantitative estimate of drug-likeness (QED) is 0.779. The average Bonchev–Trinajstić information content (AvgIpc) is 2.16. The highest BCUT2D eigenvalue weighted by Gasteiger charge is 1.92. The molecule has 1 rings (SSSR count). The van der Waals surface area contributed by atoms with Gasteiger partial charge in [0.2, 0.25) is 0 Å². The van der Waals surface area contributed by atoms with Gasteiger partial charge in [0.15, 0.2) is 0 Å². The van der Waals surface area contributed by atoms with E-state index < -0.39 is 0 Å². The predicted molar refractivity (Wildman–Crippen MR) is 64.1 cm³/mol. The number of aryl methyl sites for hydroxylation is 1. The van der Waals surface area contributed by atoms with Gasteiger partial charge in [-0.25, -0.2) is 4.98 Å². The number of hydrogen-bond acceptors (Lipinski definition) is 2. The van der Waals surface area contributed by atoms with Crippen LogP contribution in [-0.4, -0.2) is 4.98 Å². The van der Waals surface area contributed by atoms with Crippen LogP contribution < -0.4 is 5.73 Å². The highest BCUT2D eigenvalue weighted by molar-refractivity contribution is 5.49. The Morgan fingerprint density at radius 1 is 1.36 bits per heavy atom. The summed E-state index contributed by atoms with van der Waals surface area (Å²) in [5.41, 5.74) is 7.68. The fourth-order valence-corrected chi connectivity index (χ4v) is 1.05. The van der Waals surface area contributed by atoms with E-state index in [2.05, 4.69) is 18.0 Å². The van der Waals surface area contributed by atoms with Gasteiger partial charge in [0.05, 0.1) is 5.69 Å². The summed E-state index contributed by atoms with van der Waals surface area (Å²) in [4.78, 5) is 4.16. The first-order valence-electron chi connectivity index (χ1n) is 5.13. The lowest BCUT2D eigenvalue weighted by Gasteiger charge is -1.98. The van der Waals surface area contributed by atoms with Crippen LogP contribution in [0.4, 0.5) is 5.82 Å². The number of nitrogens with zero attached hydrogens (tertiary/aromatic N) is 1. The fourth-order valence-electron chi connectivity index (χ4n) is 1.05. The SMILES string of the molecule is CC.CCC=Cc1cc(C)cc(N)n1. The van der Waals surface area contributed by atoms with Crippen LogP contribution in [0, 0.1) is 6.92 Å². The minimum Gasteiger partial charge on any atom is -0.384 e. The predicted octanol–water partition coefficient (Wildman–Crippen LogP) is 3.42. The van der Waals surface area contributed by atoms with Gasteiger partial charge in [0.1, 0.15) is 5.82 Å². The molecular formula is C12H20N2. The second-order valence-electron chi connectivity index (χ2n) is 2.80. The van der Waals surface area contributed by atoms with Crippen molar-refractivity contribution in [2.24, 2.45) is 0 Å². The summed E-state index contributed by atoms with van der Waals surface area (Å²) < 4.78 is 0. The van der Waals surface area contributed by atoms with Gasteiger partial charge in [-0.05, 0) is 37.1 Å². The molecule has 0 aliphatic carbocycles. The van der Waals surface area contributed by atoms with Gasteiger partial charge in [-0.2, -0.15) is 0 Å². The molecule has 0 atom stereocenters. The second kappa shape index (κ2) is 7.13. The Kier molecular flexibility index (Phi) is 6.46. The van der Waals surface area contributed by atoms with Crippen LogP contribution in [0.2, 0.25) is 0 Å². The van der Waals surface area contributed by atoms with Crippen molar-refractivity contribution in [2.45, 2.75) is 34.1 Å². The molecule has 0 aromatic carbocycles.